The van der Waals surface area contributed by atoms with Gasteiger partial charge in [0.05, 0.1) is 0 Å². The van der Waals surface area contributed by atoms with Crippen molar-refractivity contribution < 1.29 is 0 Å². The van der Waals surface area contributed by atoms with Crippen molar-refractivity contribution in [2.75, 3.05) is 11.5 Å². The molecule has 2 aliphatic rings. The minimum absolute atomic E-state index is 0.365. The molecule has 0 spiro atoms. The highest BCUT2D eigenvalue weighted by Gasteiger charge is 2.53. The first-order valence-corrected chi connectivity index (χ1v) is 14.3. The van der Waals surface area contributed by atoms with E-state index >= 15 is 0 Å². The van der Waals surface area contributed by atoms with Crippen LogP contribution in [0.1, 0.15) is 77.7 Å². The van der Waals surface area contributed by atoms with Gasteiger partial charge >= 0.3 is 0 Å². The van der Waals surface area contributed by atoms with Crippen molar-refractivity contribution in [3.63, 3.8) is 0 Å². The number of fused-ring (bicyclic) bond motifs is 1. The van der Waals surface area contributed by atoms with Gasteiger partial charge in [-0.3, -0.25) is 0 Å². The van der Waals surface area contributed by atoms with Crippen LogP contribution in [0.4, 0.5) is 0 Å². The number of hydrogen-bond acceptors (Lipinski definition) is 2. The van der Waals surface area contributed by atoms with Gasteiger partial charge in [-0.15, -0.1) is 0 Å². The number of rotatable bonds is 10. The minimum atomic E-state index is 0.365. The molecule has 31 heavy (non-hydrogen) atoms. The van der Waals surface area contributed by atoms with Gasteiger partial charge in [-0.25, -0.2) is 0 Å². The Kier molecular flexibility index (Phi) is 9.29. The summed E-state index contributed by atoms with van der Waals surface area (Å²) in [5, 5.41) is 0. The third kappa shape index (κ3) is 5.67. The number of allylic oxidation sites excluding steroid dienone is 3. The van der Waals surface area contributed by atoms with Crippen molar-refractivity contribution in [2.24, 2.45) is 28.6 Å². The molecule has 172 valence electrons. The van der Waals surface area contributed by atoms with E-state index in [1.165, 1.54) is 62.7 Å². The van der Waals surface area contributed by atoms with Gasteiger partial charge in [-0.1, -0.05) is 81.8 Å². The van der Waals surface area contributed by atoms with Crippen LogP contribution in [0.25, 0.3) is 0 Å². The predicted molar refractivity (Wildman–Crippen MR) is 144 cm³/mol. The maximum atomic E-state index is 4.73. The molecule has 1 aromatic rings. The molecule has 0 bridgehead atoms. The van der Waals surface area contributed by atoms with Gasteiger partial charge in [-0.05, 0) is 90.6 Å². The lowest BCUT2D eigenvalue weighted by molar-refractivity contribution is -0.0520. The molecule has 2 saturated carbocycles. The fourth-order valence-corrected chi connectivity index (χ4v) is 8.55. The first-order valence-electron chi connectivity index (χ1n) is 12.5. The molecule has 0 heterocycles. The van der Waals surface area contributed by atoms with Crippen LogP contribution in [0.2, 0.25) is 0 Å². The van der Waals surface area contributed by atoms with Crippen molar-refractivity contribution in [1.29, 1.82) is 0 Å². The summed E-state index contributed by atoms with van der Waals surface area (Å²) >= 11 is 6.85. The fourth-order valence-electron chi connectivity index (χ4n) is 7.08. The Labute approximate surface area is 202 Å². The lowest BCUT2D eigenvalue weighted by Crippen LogP contribution is -2.50. The van der Waals surface area contributed by atoms with Crippen LogP contribution in [0.15, 0.2) is 54.6 Å². The summed E-state index contributed by atoms with van der Waals surface area (Å²) in [6, 6.07) is 10.9. The Balaban J connectivity index is 1.72. The normalized spacial score (nSPS) is 34.5. The third-order valence-corrected chi connectivity index (χ3v) is 10.0. The van der Waals surface area contributed by atoms with Crippen molar-refractivity contribution >= 4 is 24.4 Å². The molecule has 5 atom stereocenters. The summed E-state index contributed by atoms with van der Waals surface area (Å²) in [6.07, 6.45) is 15.1. The van der Waals surface area contributed by atoms with E-state index in [0.29, 0.717) is 10.8 Å². The largest absolute Gasteiger partial charge is 0.179 e. The molecular weight excluding hydrogens is 412 g/mol. The van der Waals surface area contributed by atoms with Gasteiger partial charge in [0.2, 0.25) is 0 Å². The van der Waals surface area contributed by atoms with Gasteiger partial charge in [-0.2, -0.15) is 24.4 Å². The van der Waals surface area contributed by atoms with Crippen LogP contribution in [0.5, 0.6) is 0 Å². The summed E-state index contributed by atoms with van der Waals surface area (Å²) in [5.41, 5.74) is 3.97. The highest BCUT2D eigenvalue weighted by Crippen LogP contribution is 2.62. The molecule has 0 aliphatic heterocycles. The predicted octanol–water partition coefficient (Wildman–Crippen LogP) is 8.99. The highest BCUT2D eigenvalue weighted by atomic mass is 32.2. The standard InChI is InChI=1S/C29H44S2/c1-5-10-24-13-14-25-26(16-20-30)28(3,18-15-27(25)29(24,4)17-6-2)19-21-31-22-23-11-8-7-9-12-23/h5,7-12,25-27,30H,1,6,13-22H2,2-4H3/b24-10-. The van der Waals surface area contributed by atoms with E-state index in [9.17, 15) is 0 Å². The molecule has 0 amide bonds. The van der Waals surface area contributed by atoms with Crippen LogP contribution in [-0.4, -0.2) is 11.5 Å². The van der Waals surface area contributed by atoms with E-state index < -0.39 is 0 Å². The minimum Gasteiger partial charge on any atom is -0.179 e. The molecular formula is C29H44S2. The SMILES string of the molecule is C=C/C=C1/CCC2C(CCS)C(C)(CCSCc3ccccc3)CCC2C1(C)CCC. The van der Waals surface area contributed by atoms with Gasteiger partial charge in [0, 0.05) is 5.75 Å². The molecule has 0 N–H and O–H groups in total. The zero-order valence-corrected chi connectivity index (χ0v) is 21.8. The third-order valence-electron chi connectivity index (χ3n) is 8.71. The smallest absolute Gasteiger partial charge is 0.0184 e. The first-order chi connectivity index (χ1) is 15.0. The second-order valence-electron chi connectivity index (χ2n) is 10.5. The maximum Gasteiger partial charge on any atom is 0.0184 e. The fraction of sp³-hybridized carbons (Fsp3) is 0.655. The lowest BCUT2D eigenvalue weighted by atomic mass is 9.47. The molecule has 0 saturated heterocycles. The van der Waals surface area contributed by atoms with Crippen molar-refractivity contribution in [1.82, 2.24) is 0 Å². The molecule has 0 aromatic heterocycles. The van der Waals surface area contributed by atoms with E-state index in [4.69, 9.17) is 12.6 Å². The summed E-state index contributed by atoms with van der Waals surface area (Å²) in [6.45, 7) is 11.6. The van der Waals surface area contributed by atoms with Crippen LogP contribution >= 0.6 is 24.4 Å². The van der Waals surface area contributed by atoms with Crippen LogP contribution in [-0.2, 0) is 5.75 Å². The maximum absolute atomic E-state index is 4.73. The number of hydrogen-bond donors (Lipinski definition) is 1. The Hall–Kier alpha value is -0.600. The van der Waals surface area contributed by atoms with Crippen molar-refractivity contribution in [3.8, 4) is 0 Å². The number of thiol groups is 1. The molecule has 1 aromatic carbocycles. The molecule has 2 aliphatic carbocycles. The van der Waals surface area contributed by atoms with Crippen LogP contribution in [0.3, 0.4) is 0 Å². The average Bonchev–Trinajstić information content (AvgIpc) is 2.76. The van der Waals surface area contributed by atoms with Crippen molar-refractivity contribution in [3.05, 3.63) is 60.2 Å². The summed E-state index contributed by atoms with van der Waals surface area (Å²) in [4.78, 5) is 0. The van der Waals surface area contributed by atoms with Gasteiger partial charge in [0.1, 0.15) is 0 Å². The van der Waals surface area contributed by atoms with E-state index in [2.05, 4.69) is 75.5 Å². The zero-order chi connectivity index (χ0) is 22.3. The Morgan fingerprint density at radius 3 is 2.61 bits per heavy atom. The van der Waals surface area contributed by atoms with Gasteiger partial charge in [0.15, 0.2) is 0 Å². The van der Waals surface area contributed by atoms with Crippen LogP contribution < -0.4 is 0 Å². The van der Waals surface area contributed by atoms with E-state index in [1.54, 1.807) is 5.57 Å². The molecule has 0 radical (unpaired) electrons. The Morgan fingerprint density at radius 2 is 1.94 bits per heavy atom. The second-order valence-corrected chi connectivity index (χ2v) is 12.1. The van der Waals surface area contributed by atoms with Gasteiger partial charge < -0.3 is 0 Å². The monoisotopic (exact) mass is 456 g/mol. The Bertz CT molecular complexity index is 724. The quantitative estimate of drug-likeness (QED) is 0.271. The average molecular weight is 457 g/mol. The summed E-state index contributed by atoms with van der Waals surface area (Å²) < 4.78 is 0. The number of thioether (sulfide) groups is 1. The first kappa shape index (κ1) is 25.0. The molecule has 2 fully saturated rings. The van der Waals surface area contributed by atoms with E-state index in [-0.39, 0.29) is 0 Å². The molecule has 3 rings (SSSR count). The van der Waals surface area contributed by atoms with Gasteiger partial charge in [0.25, 0.3) is 0 Å². The van der Waals surface area contributed by atoms with E-state index in [1.807, 2.05) is 6.08 Å². The summed E-state index contributed by atoms with van der Waals surface area (Å²) in [7, 11) is 0. The molecule has 5 unspecified atom stereocenters. The van der Waals surface area contributed by atoms with Crippen LogP contribution in [0, 0.1) is 28.6 Å². The molecule has 0 nitrogen and oxygen atoms in total. The Morgan fingerprint density at radius 1 is 1.16 bits per heavy atom. The summed E-state index contributed by atoms with van der Waals surface area (Å²) in [5.74, 6) is 5.97. The topological polar surface area (TPSA) is 0 Å². The van der Waals surface area contributed by atoms with E-state index in [0.717, 1.165) is 29.3 Å². The lowest BCUT2D eigenvalue weighted by Gasteiger charge is -2.58. The second kappa shape index (κ2) is 11.5. The molecule has 2 heteroatoms. The zero-order valence-electron chi connectivity index (χ0n) is 20.1. The number of benzene rings is 1. The van der Waals surface area contributed by atoms with Crippen molar-refractivity contribution in [2.45, 2.75) is 77.9 Å². The highest BCUT2D eigenvalue weighted by molar-refractivity contribution is 7.98.